The highest BCUT2D eigenvalue weighted by Gasteiger charge is 2.06. The van der Waals surface area contributed by atoms with Crippen LogP contribution in [-0.4, -0.2) is 6.54 Å². The third-order valence-corrected chi connectivity index (χ3v) is 1.76. The van der Waals surface area contributed by atoms with E-state index in [1.165, 1.54) is 6.07 Å². The Balaban J connectivity index is 3.00. The molecular formula is C9H11F2N. The molecule has 1 aromatic rings. The molecule has 0 saturated carbocycles. The van der Waals surface area contributed by atoms with E-state index in [4.69, 9.17) is 5.73 Å². The van der Waals surface area contributed by atoms with Crippen molar-refractivity contribution in [1.82, 2.24) is 0 Å². The van der Waals surface area contributed by atoms with Gasteiger partial charge < -0.3 is 5.73 Å². The van der Waals surface area contributed by atoms with Crippen molar-refractivity contribution in [3.05, 3.63) is 35.1 Å². The van der Waals surface area contributed by atoms with E-state index in [0.717, 1.165) is 0 Å². The smallest absolute Gasteiger partial charge is 0.129 e. The Labute approximate surface area is 70.2 Å². The Morgan fingerprint density at radius 1 is 1.33 bits per heavy atom. The molecule has 0 radical (unpaired) electrons. The van der Waals surface area contributed by atoms with Crippen LogP contribution in [0.2, 0.25) is 0 Å². The Morgan fingerprint density at radius 3 is 2.67 bits per heavy atom. The molecule has 0 bridgehead atoms. The zero-order valence-electron chi connectivity index (χ0n) is 6.69. The van der Waals surface area contributed by atoms with Gasteiger partial charge in [-0.15, -0.1) is 0 Å². The first kappa shape index (κ1) is 9.13. The molecule has 0 aromatic heterocycles. The van der Waals surface area contributed by atoms with Crippen LogP contribution in [0.25, 0.3) is 0 Å². The van der Waals surface area contributed by atoms with Gasteiger partial charge in [0, 0.05) is 5.56 Å². The first-order chi connectivity index (χ1) is 5.79. The number of hydrogen-bond donors (Lipinski definition) is 1. The molecule has 0 fully saturated rings. The number of halogens is 2. The van der Waals surface area contributed by atoms with Crippen molar-refractivity contribution < 1.29 is 8.78 Å². The normalized spacial score (nSPS) is 10.2. The monoisotopic (exact) mass is 171 g/mol. The van der Waals surface area contributed by atoms with E-state index in [0.29, 0.717) is 18.5 Å². The first-order valence-corrected chi connectivity index (χ1v) is 3.82. The van der Waals surface area contributed by atoms with E-state index in [2.05, 4.69) is 0 Å². The number of benzene rings is 1. The van der Waals surface area contributed by atoms with E-state index in [1.807, 2.05) is 0 Å². The maximum Gasteiger partial charge on any atom is 0.129 e. The summed E-state index contributed by atoms with van der Waals surface area (Å²) < 4.78 is 25.2. The van der Waals surface area contributed by atoms with E-state index in [1.54, 1.807) is 12.1 Å². The summed E-state index contributed by atoms with van der Waals surface area (Å²) in [6.07, 6.45) is 0.525. The van der Waals surface area contributed by atoms with Crippen LogP contribution in [-0.2, 0) is 13.1 Å². The minimum Gasteiger partial charge on any atom is -0.330 e. The van der Waals surface area contributed by atoms with Crippen LogP contribution in [0.1, 0.15) is 11.1 Å². The number of nitrogens with two attached hydrogens (primary N) is 1. The van der Waals surface area contributed by atoms with Gasteiger partial charge in [0.2, 0.25) is 0 Å². The molecule has 1 aromatic carbocycles. The molecule has 0 aliphatic rings. The lowest BCUT2D eigenvalue weighted by Crippen LogP contribution is -2.05. The molecule has 66 valence electrons. The summed E-state index contributed by atoms with van der Waals surface area (Å²) in [6.45, 7) is -0.349. The van der Waals surface area contributed by atoms with Crippen LogP contribution in [0, 0.1) is 5.82 Å². The van der Waals surface area contributed by atoms with Crippen LogP contribution in [0.3, 0.4) is 0 Å². The van der Waals surface area contributed by atoms with Crippen molar-refractivity contribution >= 4 is 0 Å². The number of rotatable bonds is 3. The van der Waals surface area contributed by atoms with E-state index >= 15 is 0 Å². The largest absolute Gasteiger partial charge is 0.330 e. The molecule has 1 nitrogen and oxygen atoms in total. The molecule has 0 aliphatic carbocycles. The average molecular weight is 171 g/mol. The highest BCUT2D eigenvalue weighted by atomic mass is 19.1. The molecular weight excluding hydrogens is 160 g/mol. The Bertz CT molecular complexity index is 261. The maximum atomic E-state index is 12.9. The topological polar surface area (TPSA) is 26.0 Å². The molecule has 0 aliphatic heterocycles. The van der Waals surface area contributed by atoms with E-state index in [-0.39, 0.29) is 5.56 Å². The maximum absolute atomic E-state index is 12.9. The summed E-state index contributed by atoms with van der Waals surface area (Å²) in [6, 6.07) is 4.53. The Kier molecular flexibility index (Phi) is 3.17. The van der Waals surface area contributed by atoms with Gasteiger partial charge in [-0.3, -0.25) is 0 Å². The fourth-order valence-corrected chi connectivity index (χ4v) is 1.14. The van der Waals surface area contributed by atoms with Crippen LogP contribution in [0.15, 0.2) is 18.2 Å². The van der Waals surface area contributed by atoms with Crippen molar-refractivity contribution in [2.24, 2.45) is 5.73 Å². The standard InChI is InChI=1S/C9H11F2N/c10-6-8-7(4-5-12)2-1-3-9(8)11/h1-3H,4-6,12H2. The van der Waals surface area contributed by atoms with Gasteiger partial charge in [-0.1, -0.05) is 12.1 Å². The molecule has 0 spiro atoms. The number of hydrogen-bond acceptors (Lipinski definition) is 1. The quantitative estimate of drug-likeness (QED) is 0.737. The van der Waals surface area contributed by atoms with E-state index in [9.17, 15) is 8.78 Å². The molecule has 1 rings (SSSR count). The lowest BCUT2D eigenvalue weighted by molar-refractivity contribution is 0.460. The van der Waals surface area contributed by atoms with Gasteiger partial charge in [0.15, 0.2) is 0 Å². The van der Waals surface area contributed by atoms with Crippen molar-refractivity contribution in [3.63, 3.8) is 0 Å². The van der Waals surface area contributed by atoms with Gasteiger partial charge in [-0.2, -0.15) is 0 Å². The zero-order valence-corrected chi connectivity index (χ0v) is 6.69. The summed E-state index contributed by atoms with van der Waals surface area (Å²) in [5, 5.41) is 0. The number of alkyl halides is 1. The second-order valence-corrected chi connectivity index (χ2v) is 2.55. The lowest BCUT2D eigenvalue weighted by atomic mass is 10.1. The van der Waals surface area contributed by atoms with Crippen LogP contribution in [0.4, 0.5) is 8.78 Å². The lowest BCUT2D eigenvalue weighted by Gasteiger charge is -2.05. The van der Waals surface area contributed by atoms with Gasteiger partial charge in [-0.05, 0) is 24.6 Å². The molecule has 12 heavy (non-hydrogen) atoms. The Morgan fingerprint density at radius 2 is 2.08 bits per heavy atom. The van der Waals surface area contributed by atoms with Crippen LogP contribution >= 0.6 is 0 Å². The second kappa shape index (κ2) is 4.16. The highest BCUT2D eigenvalue weighted by molar-refractivity contribution is 5.28. The summed E-state index contributed by atoms with van der Waals surface area (Å²) in [7, 11) is 0. The third kappa shape index (κ3) is 1.80. The van der Waals surface area contributed by atoms with Gasteiger partial charge in [0.05, 0.1) is 0 Å². The molecule has 0 amide bonds. The molecule has 0 atom stereocenters. The fraction of sp³-hybridized carbons (Fsp3) is 0.333. The molecule has 0 saturated heterocycles. The minimum atomic E-state index is -0.762. The molecule has 0 heterocycles. The van der Waals surface area contributed by atoms with E-state index < -0.39 is 12.5 Å². The molecule has 0 unspecified atom stereocenters. The fourth-order valence-electron chi connectivity index (χ4n) is 1.14. The molecule has 3 heteroatoms. The van der Waals surface area contributed by atoms with Crippen molar-refractivity contribution in [2.45, 2.75) is 13.1 Å². The van der Waals surface area contributed by atoms with Gasteiger partial charge in [0.25, 0.3) is 0 Å². The van der Waals surface area contributed by atoms with Gasteiger partial charge in [-0.25, -0.2) is 8.78 Å². The average Bonchev–Trinajstić information content (AvgIpc) is 2.05. The summed E-state index contributed by atoms with van der Waals surface area (Å²) in [4.78, 5) is 0. The SMILES string of the molecule is NCCc1cccc(F)c1CF. The van der Waals surface area contributed by atoms with Crippen LogP contribution < -0.4 is 5.73 Å². The molecule has 2 N–H and O–H groups in total. The van der Waals surface area contributed by atoms with Crippen molar-refractivity contribution in [2.75, 3.05) is 6.54 Å². The zero-order chi connectivity index (χ0) is 8.97. The first-order valence-electron chi connectivity index (χ1n) is 3.82. The van der Waals surface area contributed by atoms with Crippen molar-refractivity contribution in [3.8, 4) is 0 Å². The summed E-state index contributed by atoms with van der Waals surface area (Å²) in [5.41, 5.74) is 6.10. The Hall–Kier alpha value is -0.960. The summed E-state index contributed by atoms with van der Waals surface area (Å²) in [5.74, 6) is -0.483. The third-order valence-electron chi connectivity index (χ3n) is 1.76. The minimum absolute atomic E-state index is 0.142. The second-order valence-electron chi connectivity index (χ2n) is 2.55. The highest BCUT2D eigenvalue weighted by Crippen LogP contribution is 2.14. The predicted octanol–water partition coefficient (Wildman–Crippen LogP) is 1.80. The van der Waals surface area contributed by atoms with Gasteiger partial charge in [0.1, 0.15) is 12.5 Å². The van der Waals surface area contributed by atoms with Crippen LogP contribution in [0.5, 0.6) is 0 Å². The van der Waals surface area contributed by atoms with Crippen molar-refractivity contribution in [1.29, 1.82) is 0 Å². The van der Waals surface area contributed by atoms with Gasteiger partial charge >= 0.3 is 0 Å². The summed E-state index contributed by atoms with van der Waals surface area (Å²) >= 11 is 0. The predicted molar refractivity (Wildman–Crippen MR) is 44.0 cm³/mol.